The molecule has 0 saturated carbocycles. The van der Waals surface area contributed by atoms with Crippen LogP contribution < -0.4 is 23.1 Å². The Bertz CT molecular complexity index is 737. The Morgan fingerprint density at radius 2 is 1.68 bits per heavy atom. The number of hydrogen-bond donors (Lipinski definition) is 2. The normalized spacial score (nSPS) is 11.8. The van der Waals surface area contributed by atoms with Gasteiger partial charge in [-0.25, -0.2) is 0 Å². The number of nitrogens with two attached hydrogens (primary N) is 2. The Hall–Kier alpha value is -1.15. The maximum absolute atomic E-state index is 6.45. The van der Waals surface area contributed by atoms with E-state index in [1.165, 1.54) is 18.3 Å². The first-order valence-electron chi connectivity index (χ1n) is 8.79. The van der Waals surface area contributed by atoms with E-state index in [2.05, 4.69) is 59.0 Å². The van der Waals surface area contributed by atoms with Crippen LogP contribution in [-0.2, 0) is 11.8 Å². The van der Waals surface area contributed by atoms with Gasteiger partial charge in [0.05, 0.1) is 0 Å². The molecule has 0 saturated heterocycles. The molecule has 4 N–H and O–H groups in total. The van der Waals surface area contributed by atoms with Gasteiger partial charge in [0.1, 0.15) is 0 Å². The van der Waals surface area contributed by atoms with Gasteiger partial charge < -0.3 is 0 Å². The summed E-state index contributed by atoms with van der Waals surface area (Å²) in [7, 11) is -1.23. The van der Waals surface area contributed by atoms with E-state index in [1.54, 1.807) is 0 Å². The van der Waals surface area contributed by atoms with Crippen molar-refractivity contribution in [1.29, 1.82) is 0 Å². The predicted molar refractivity (Wildman–Crippen MR) is 114 cm³/mol. The minimum atomic E-state index is -1.23. The molecule has 0 atom stereocenters. The fourth-order valence-corrected chi connectivity index (χ4v) is 7.29. The van der Waals surface area contributed by atoms with Gasteiger partial charge in [-0.15, -0.1) is 0 Å². The molecule has 2 rings (SSSR count). The van der Waals surface area contributed by atoms with E-state index in [1.807, 2.05) is 12.1 Å². The van der Waals surface area contributed by atoms with E-state index in [9.17, 15) is 0 Å². The standard InChI is InChI=1S/C20H30N2OSiTe/c1-7-15-17(22)12-16(20(2,3)4)19(18(15)23-24(5)6)25-14-10-8-13(21)9-11-14/h8-12,24H,7,21-22H2,1-6H3. The molecule has 25 heavy (non-hydrogen) atoms. The van der Waals surface area contributed by atoms with Crippen molar-refractivity contribution < 1.29 is 4.43 Å². The van der Waals surface area contributed by atoms with Crippen molar-refractivity contribution in [2.45, 2.75) is 52.6 Å². The first-order chi connectivity index (χ1) is 11.6. The summed E-state index contributed by atoms with van der Waals surface area (Å²) < 4.78 is 9.21. The molecule has 0 aliphatic rings. The zero-order valence-corrected chi connectivity index (χ0v) is 19.6. The molecule has 136 valence electrons. The average Bonchev–Trinajstić information content (AvgIpc) is 2.50. The first kappa shape index (κ1) is 20.2. The third-order valence-electron chi connectivity index (χ3n) is 3.99. The molecule has 0 heterocycles. The van der Waals surface area contributed by atoms with E-state index >= 15 is 0 Å². The third-order valence-corrected chi connectivity index (χ3v) is 7.88. The molecular formula is C20H30N2OSiTe. The Morgan fingerprint density at radius 1 is 1.08 bits per heavy atom. The van der Waals surface area contributed by atoms with Crippen LogP contribution in [0.25, 0.3) is 0 Å². The van der Waals surface area contributed by atoms with Gasteiger partial charge in [0.25, 0.3) is 0 Å². The number of nitrogen functional groups attached to an aromatic ring is 2. The molecule has 0 spiro atoms. The van der Waals surface area contributed by atoms with Crippen LogP contribution in [0.2, 0.25) is 13.1 Å². The molecule has 0 amide bonds. The summed E-state index contributed by atoms with van der Waals surface area (Å²) in [6.07, 6.45) is 0.897. The van der Waals surface area contributed by atoms with Gasteiger partial charge in [0.15, 0.2) is 0 Å². The van der Waals surface area contributed by atoms with Gasteiger partial charge in [-0.05, 0) is 0 Å². The Balaban J connectivity index is 2.68. The summed E-state index contributed by atoms with van der Waals surface area (Å²) >= 11 is -0.594. The van der Waals surface area contributed by atoms with Crippen molar-refractivity contribution in [2.75, 3.05) is 11.5 Å². The van der Waals surface area contributed by atoms with Crippen LogP contribution >= 0.6 is 0 Å². The van der Waals surface area contributed by atoms with Crippen LogP contribution in [0.5, 0.6) is 5.75 Å². The molecule has 2 aromatic rings. The van der Waals surface area contributed by atoms with Gasteiger partial charge in [-0.1, -0.05) is 0 Å². The SMILES string of the molecule is CCc1c(N)cc(C(C)(C)C)c([Te]c2ccc(N)cc2)c1O[SiH](C)C. The molecule has 0 aromatic heterocycles. The first-order valence-corrected chi connectivity index (χ1v) is 13.9. The van der Waals surface area contributed by atoms with Gasteiger partial charge in [-0.2, -0.15) is 0 Å². The fraction of sp³-hybridized carbons (Fsp3) is 0.400. The van der Waals surface area contributed by atoms with Crippen LogP contribution in [0, 0.1) is 0 Å². The van der Waals surface area contributed by atoms with E-state index in [0.29, 0.717) is 0 Å². The molecule has 0 radical (unpaired) electrons. The van der Waals surface area contributed by atoms with Crippen LogP contribution in [0.1, 0.15) is 38.8 Å². The molecule has 0 aliphatic heterocycles. The van der Waals surface area contributed by atoms with Crippen LogP contribution in [0.15, 0.2) is 30.3 Å². The Morgan fingerprint density at radius 3 is 2.16 bits per heavy atom. The second kappa shape index (κ2) is 8.03. The molecular weight excluding hydrogens is 440 g/mol. The monoisotopic (exact) mass is 472 g/mol. The molecule has 5 heteroatoms. The molecule has 0 unspecified atom stereocenters. The van der Waals surface area contributed by atoms with Gasteiger partial charge in [-0.3, -0.25) is 0 Å². The quantitative estimate of drug-likeness (QED) is 0.522. The van der Waals surface area contributed by atoms with Crippen LogP contribution in [0.3, 0.4) is 0 Å². The second-order valence-corrected chi connectivity index (χ2v) is 13.0. The van der Waals surface area contributed by atoms with E-state index in [4.69, 9.17) is 15.9 Å². The van der Waals surface area contributed by atoms with Crippen LogP contribution in [-0.4, -0.2) is 30.0 Å². The van der Waals surface area contributed by atoms with Gasteiger partial charge in [0, 0.05) is 0 Å². The summed E-state index contributed by atoms with van der Waals surface area (Å²) in [6.45, 7) is 13.3. The number of benzene rings is 2. The molecule has 0 fully saturated rings. The Labute approximate surface area is 164 Å². The summed E-state index contributed by atoms with van der Waals surface area (Å²) in [5.74, 6) is 1.08. The zero-order chi connectivity index (χ0) is 18.8. The molecule has 3 nitrogen and oxygen atoms in total. The average molecular weight is 470 g/mol. The summed E-state index contributed by atoms with van der Waals surface area (Å²) in [5, 5.41) is 0. The van der Waals surface area contributed by atoms with Crippen molar-refractivity contribution in [2.24, 2.45) is 0 Å². The number of anilines is 2. The van der Waals surface area contributed by atoms with Crippen molar-refractivity contribution in [3.05, 3.63) is 41.5 Å². The van der Waals surface area contributed by atoms with Crippen molar-refractivity contribution in [3.8, 4) is 5.75 Å². The summed E-state index contributed by atoms with van der Waals surface area (Å²) in [6, 6.07) is 10.5. The third kappa shape index (κ3) is 4.94. The second-order valence-electron chi connectivity index (χ2n) is 7.59. The fourth-order valence-electron chi connectivity index (χ4n) is 2.74. The van der Waals surface area contributed by atoms with Gasteiger partial charge in [0.2, 0.25) is 0 Å². The van der Waals surface area contributed by atoms with Crippen molar-refractivity contribution in [3.63, 3.8) is 0 Å². The summed E-state index contributed by atoms with van der Waals surface area (Å²) in [5.41, 5.74) is 16.5. The topological polar surface area (TPSA) is 61.3 Å². The zero-order valence-electron chi connectivity index (χ0n) is 16.1. The minimum absolute atomic E-state index is 0.0327. The van der Waals surface area contributed by atoms with E-state index in [-0.39, 0.29) is 5.41 Å². The molecule has 0 aliphatic carbocycles. The van der Waals surface area contributed by atoms with Crippen molar-refractivity contribution >= 4 is 48.6 Å². The summed E-state index contributed by atoms with van der Waals surface area (Å²) in [4.78, 5) is 0. The molecule has 0 bridgehead atoms. The van der Waals surface area contributed by atoms with E-state index in [0.717, 1.165) is 23.5 Å². The van der Waals surface area contributed by atoms with Gasteiger partial charge >= 0.3 is 164 Å². The molecule has 2 aromatic carbocycles. The number of hydrogen-bond acceptors (Lipinski definition) is 3. The maximum atomic E-state index is 6.45. The van der Waals surface area contributed by atoms with E-state index < -0.39 is 30.0 Å². The predicted octanol–water partition coefficient (Wildman–Crippen LogP) is 2.73. The van der Waals surface area contributed by atoms with Crippen molar-refractivity contribution in [1.82, 2.24) is 0 Å². The number of rotatable bonds is 5. The van der Waals surface area contributed by atoms with Crippen LogP contribution in [0.4, 0.5) is 11.4 Å². The Kier molecular flexibility index (Phi) is 6.48.